The Kier molecular flexibility index (Phi) is 2.04. The summed E-state index contributed by atoms with van der Waals surface area (Å²) in [4.78, 5) is 0. The molecule has 0 aromatic heterocycles. The van der Waals surface area contributed by atoms with Gasteiger partial charge in [0.05, 0.1) is 5.60 Å². The van der Waals surface area contributed by atoms with Crippen LogP contribution in [0.2, 0.25) is 0 Å². The maximum absolute atomic E-state index is 9.85. The Morgan fingerprint density at radius 1 is 1.20 bits per heavy atom. The minimum absolute atomic E-state index is 0.297. The van der Waals surface area contributed by atoms with Crippen LogP contribution in [-0.2, 0) is 0 Å². The molecule has 1 aliphatic rings. The number of rotatable bonds is 2. The first-order valence-corrected chi connectivity index (χ1v) is 4.28. The summed E-state index contributed by atoms with van der Waals surface area (Å²) in [5, 5.41) is 9.85. The highest BCUT2D eigenvalue weighted by Gasteiger charge is 2.40. The highest BCUT2D eigenvalue weighted by molar-refractivity contribution is 4.92. The lowest BCUT2D eigenvalue weighted by molar-refractivity contribution is -0.0912. The van der Waals surface area contributed by atoms with E-state index in [-0.39, 0.29) is 5.60 Å². The van der Waals surface area contributed by atoms with Gasteiger partial charge in [0.1, 0.15) is 0 Å². The molecule has 0 aromatic carbocycles. The Bertz CT molecular complexity index is 114. The first-order valence-electron chi connectivity index (χ1n) is 4.28. The summed E-state index contributed by atoms with van der Waals surface area (Å²) in [6.07, 6.45) is 3.26. The van der Waals surface area contributed by atoms with E-state index < -0.39 is 0 Å². The van der Waals surface area contributed by atoms with Crippen LogP contribution in [0, 0.1) is 11.8 Å². The molecule has 1 rings (SSSR count). The van der Waals surface area contributed by atoms with Gasteiger partial charge < -0.3 is 5.11 Å². The zero-order chi connectivity index (χ0) is 7.78. The predicted octanol–water partition coefficient (Wildman–Crippen LogP) is 2.19. The molecule has 1 saturated carbocycles. The van der Waals surface area contributed by atoms with Crippen LogP contribution < -0.4 is 0 Å². The summed E-state index contributed by atoms with van der Waals surface area (Å²) in [5.41, 5.74) is -0.297. The van der Waals surface area contributed by atoms with Crippen LogP contribution in [0.15, 0.2) is 0 Å². The normalized spacial score (nSPS) is 26.1. The van der Waals surface area contributed by atoms with E-state index in [4.69, 9.17) is 0 Å². The highest BCUT2D eigenvalue weighted by Crippen LogP contribution is 2.40. The van der Waals surface area contributed by atoms with E-state index in [1.54, 1.807) is 0 Å². The molecule has 60 valence electrons. The van der Waals surface area contributed by atoms with Crippen LogP contribution in [-0.4, -0.2) is 10.7 Å². The molecule has 1 unspecified atom stereocenters. The summed E-state index contributed by atoms with van der Waals surface area (Å²) >= 11 is 0. The second kappa shape index (κ2) is 2.54. The molecule has 1 nitrogen and oxygen atoms in total. The molecule has 10 heavy (non-hydrogen) atoms. The van der Waals surface area contributed by atoms with Gasteiger partial charge in [-0.3, -0.25) is 0 Å². The maximum atomic E-state index is 9.85. The van der Waals surface area contributed by atoms with Crippen molar-refractivity contribution in [3.8, 4) is 0 Å². The van der Waals surface area contributed by atoms with Crippen LogP contribution in [0.5, 0.6) is 0 Å². The summed E-state index contributed by atoms with van der Waals surface area (Å²) in [6.45, 7) is 6.52. The zero-order valence-corrected chi connectivity index (χ0v) is 7.22. The fraction of sp³-hybridized carbons (Fsp3) is 1.00. The van der Waals surface area contributed by atoms with E-state index in [0.29, 0.717) is 11.8 Å². The topological polar surface area (TPSA) is 20.2 Å². The van der Waals surface area contributed by atoms with Crippen molar-refractivity contribution in [2.45, 2.75) is 45.6 Å². The molecule has 0 aromatic rings. The Morgan fingerprint density at radius 3 is 1.80 bits per heavy atom. The van der Waals surface area contributed by atoms with Crippen LogP contribution in [0.1, 0.15) is 40.0 Å². The lowest BCUT2D eigenvalue weighted by Crippen LogP contribution is -2.45. The van der Waals surface area contributed by atoms with Crippen LogP contribution in [0.3, 0.4) is 0 Å². The second-order valence-corrected chi connectivity index (χ2v) is 3.99. The van der Waals surface area contributed by atoms with Gasteiger partial charge in [-0.05, 0) is 31.1 Å². The van der Waals surface area contributed by atoms with Gasteiger partial charge in [0, 0.05) is 0 Å². The molecule has 1 fully saturated rings. The Balaban J connectivity index is 2.46. The number of aliphatic hydroxyl groups is 1. The minimum Gasteiger partial charge on any atom is -0.390 e. The minimum atomic E-state index is -0.297. The van der Waals surface area contributed by atoms with Crippen molar-refractivity contribution >= 4 is 0 Å². The fourth-order valence-corrected chi connectivity index (χ4v) is 1.61. The molecule has 0 amide bonds. The molecular formula is C9H18O. The lowest BCUT2D eigenvalue weighted by atomic mass is 9.68. The summed E-state index contributed by atoms with van der Waals surface area (Å²) in [5.74, 6) is 1.09. The standard InChI is InChI=1S/C9H18O/c1-7(2)8(3)9(10)5-4-6-9/h7-8,10H,4-6H2,1-3H3. The Hall–Kier alpha value is -0.0400. The van der Waals surface area contributed by atoms with E-state index in [1.165, 1.54) is 6.42 Å². The quantitative estimate of drug-likeness (QED) is 0.626. The van der Waals surface area contributed by atoms with Gasteiger partial charge in [0.15, 0.2) is 0 Å². The molecule has 1 heteroatoms. The van der Waals surface area contributed by atoms with E-state index in [9.17, 15) is 5.11 Å². The smallest absolute Gasteiger partial charge is 0.0675 e. The van der Waals surface area contributed by atoms with Gasteiger partial charge in [0.2, 0.25) is 0 Å². The van der Waals surface area contributed by atoms with Gasteiger partial charge in [-0.25, -0.2) is 0 Å². The van der Waals surface area contributed by atoms with E-state index in [0.717, 1.165) is 12.8 Å². The molecule has 1 aliphatic carbocycles. The van der Waals surface area contributed by atoms with Crippen LogP contribution >= 0.6 is 0 Å². The SMILES string of the molecule is CC(C)C(C)C1(O)CCC1. The summed E-state index contributed by atoms with van der Waals surface area (Å²) in [7, 11) is 0. The molecular weight excluding hydrogens is 124 g/mol. The van der Waals surface area contributed by atoms with Gasteiger partial charge >= 0.3 is 0 Å². The molecule has 1 N–H and O–H groups in total. The van der Waals surface area contributed by atoms with E-state index >= 15 is 0 Å². The van der Waals surface area contributed by atoms with Gasteiger partial charge in [-0.1, -0.05) is 20.8 Å². The molecule has 0 heterocycles. The molecule has 0 radical (unpaired) electrons. The van der Waals surface area contributed by atoms with Crippen molar-refractivity contribution < 1.29 is 5.11 Å². The molecule has 0 saturated heterocycles. The van der Waals surface area contributed by atoms with E-state index in [2.05, 4.69) is 20.8 Å². The average molecular weight is 142 g/mol. The first-order chi connectivity index (χ1) is 4.56. The molecule has 0 aliphatic heterocycles. The van der Waals surface area contributed by atoms with Crippen molar-refractivity contribution in [3.63, 3.8) is 0 Å². The van der Waals surface area contributed by atoms with E-state index in [1.807, 2.05) is 0 Å². The van der Waals surface area contributed by atoms with Gasteiger partial charge in [0.25, 0.3) is 0 Å². The van der Waals surface area contributed by atoms with Crippen molar-refractivity contribution in [2.75, 3.05) is 0 Å². The van der Waals surface area contributed by atoms with Gasteiger partial charge in [-0.2, -0.15) is 0 Å². The molecule has 0 spiro atoms. The zero-order valence-electron chi connectivity index (χ0n) is 7.22. The Morgan fingerprint density at radius 2 is 1.70 bits per heavy atom. The highest BCUT2D eigenvalue weighted by atomic mass is 16.3. The molecule has 1 atom stereocenters. The maximum Gasteiger partial charge on any atom is 0.0675 e. The largest absolute Gasteiger partial charge is 0.390 e. The second-order valence-electron chi connectivity index (χ2n) is 3.99. The van der Waals surface area contributed by atoms with Crippen molar-refractivity contribution in [1.29, 1.82) is 0 Å². The van der Waals surface area contributed by atoms with Crippen molar-refractivity contribution in [2.24, 2.45) is 11.8 Å². The third kappa shape index (κ3) is 1.20. The van der Waals surface area contributed by atoms with Crippen LogP contribution in [0.4, 0.5) is 0 Å². The number of hydrogen-bond acceptors (Lipinski definition) is 1. The summed E-state index contributed by atoms with van der Waals surface area (Å²) in [6, 6.07) is 0. The first kappa shape index (κ1) is 8.06. The molecule has 0 bridgehead atoms. The van der Waals surface area contributed by atoms with Gasteiger partial charge in [-0.15, -0.1) is 0 Å². The van der Waals surface area contributed by atoms with Crippen molar-refractivity contribution in [1.82, 2.24) is 0 Å². The Labute approximate surface area is 63.4 Å². The fourth-order valence-electron chi connectivity index (χ4n) is 1.61. The van der Waals surface area contributed by atoms with Crippen molar-refractivity contribution in [3.05, 3.63) is 0 Å². The monoisotopic (exact) mass is 142 g/mol. The lowest BCUT2D eigenvalue weighted by Gasteiger charge is -2.43. The van der Waals surface area contributed by atoms with Crippen LogP contribution in [0.25, 0.3) is 0 Å². The average Bonchev–Trinajstić information content (AvgIpc) is 1.81. The third-order valence-corrected chi connectivity index (χ3v) is 3.07. The predicted molar refractivity (Wildman–Crippen MR) is 42.8 cm³/mol. The third-order valence-electron chi connectivity index (χ3n) is 3.07. The number of hydrogen-bond donors (Lipinski definition) is 1. The summed E-state index contributed by atoms with van der Waals surface area (Å²) < 4.78 is 0.